The lowest BCUT2D eigenvalue weighted by Crippen LogP contribution is -2.31. The maximum Gasteiger partial charge on any atom is 0.511 e. The molecule has 2 saturated heterocycles. The second kappa shape index (κ2) is 6.49. The molecule has 1 aromatic carbocycles. The van der Waals surface area contributed by atoms with Crippen LogP contribution in [0.3, 0.4) is 0 Å². The van der Waals surface area contributed by atoms with Gasteiger partial charge in [-0.15, -0.1) is 0 Å². The Kier molecular flexibility index (Phi) is 4.11. The number of nitrogens with one attached hydrogen (secondary N) is 1. The largest absolute Gasteiger partial charge is 0.511 e. The molecule has 0 aliphatic carbocycles. The van der Waals surface area contributed by atoms with Gasteiger partial charge in [0.1, 0.15) is 12.3 Å². The van der Waals surface area contributed by atoms with Crippen LogP contribution >= 0.6 is 0 Å². The number of rotatable bonds is 2. The normalized spacial score (nSPS) is 25.1. The molecule has 4 heterocycles. The molecule has 2 unspecified atom stereocenters. The number of nitrogens with zero attached hydrogens (tertiary/aromatic N) is 2. The summed E-state index contributed by atoms with van der Waals surface area (Å²) in [5.41, 5.74) is 5.76. The molecule has 0 bridgehead atoms. The van der Waals surface area contributed by atoms with Crippen LogP contribution in [0.15, 0.2) is 11.0 Å². The molecule has 4 N–H and O–H groups in total. The number of halogens is 1. The van der Waals surface area contributed by atoms with Gasteiger partial charge in [0.05, 0.1) is 28.8 Å². The van der Waals surface area contributed by atoms with Gasteiger partial charge in [0, 0.05) is 25.0 Å². The van der Waals surface area contributed by atoms with Gasteiger partial charge in [-0.25, -0.2) is 9.18 Å². The van der Waals surface area contributed by atoms with Gasteiger partial charge in [-0.1, -0.05) is 0 Å². The third-order valence-electron chi connectivity index (χ3n) is 6.57. The fraction of sp³-hybridized carbons (Fsp3) is 0.500. The van der Waals surface area contributed by atoms with Gasteiger partial charge in [-0.3, -0.25) is 4.79 Å². The van der Waals surface area contributed by atoms with Crippen molar-refractivity contribution < 1.29 is 23.8 Å². The van der Waals surface area contributed by atoms with E-state index >= 15 is 4.39 Å². The number of carbonyl (C=O) groups is 1. The van der Waals surface area contributed by atoms with Crippen molar-refractivity contribution in [3.63, 3.8) is 0 Å². The maximum atomic E-state index is 15.6. The molecule has 0 radical (unpaired) electrons. The molecule has 9 nitrogen and oxygen atoms in total. The van der Waals surface area contributed by atoms with Crippen LogP contribution in [-0.2, 0) is 0 Å². The minimum absolute atomic E-state index is 0.101. The standard InChI is InChI=1S/C20H23FN4O5/c1-10-7-29-18-15-12(17(26)11(6-25(10)15)30-19(27)28)14(22)13(21)16(18)24-5-3-20(9-24)2-4-23-8-20/h6,10,23H,2-5,7-9,22H2,1H3,(H,27,28). The number of ether oxygens (including phenoxy) is 2. The van der Waals surface area contributed by atoms with E-state index in [0.29, 0.717) is 18.6 Å². The molecule has 1 spiro atoms. The van der Waals surface area contributed by atoms with Crippen molar-refractivity contribution in [2.75, 3.05) is 43.4 Å². The lowest BCUT2D eigenvalue weighted by atomic mass is 9.86. The van der Waals surface area contributed by atoms with E-state index < -0.39 is 23.2 Å². The van der Waals surface area contributed by atoms with E-state index in [0.717, 1.165) is 25.9 Å². The van der Waals surface area contributed by atoms with Crippen molar-refractivity contribution in [1.82, 2.24) is 9.88 Å². The van der Waals surface area contributed by atoms with E-state index in [1.165, 1.54) is 6.20 Å². The van der Waals surface area contributed by atoms with E-state index in [4.69, 9.17) is 15.6 Å². The van der Waals surface area contributed by atoms with Crippen molar-refractivity contribution in [1.29, 1.82) is 0 Å². The van der Waals surface area contributed by atoms with Crippen molar-refractivity contribution in [3.05, 3.63) is 22.2 Å². The highest BCUT2D eigenvalue weighted by molar-refractivity contribution is 6.01. The molecular weight excluding hydrogens is 395 g/mol. The lowest BCUT2D eigenvalue weighted by Gasteiger charge is -2.32. The molecule has 10 heteroatoms. The first kappa shape index (κ1) is 19.0. The first-order chi connectivity index (χ1) is 14.3. The Labute approximate surface area is 171 Å². The number of carboxylic acid groups (broad SMARTS) is 1. The fourth-order valence-electron chi connectivity index (χ4n) is 5.03. The number of hydrogen-bond donors (Lipinski definition) is 3. The summed E-state index contributed by atoms with van der Waals surface area (Å²) in [5, 5.41) is 12.2. The zero-order valence-electron chi connectivity index (χ0n) is 16.5. The SMILES string of the molecule is CC1COc2c(N3CCC4(CCNC4)C3)c(F)c(N)c3c(=O)c(OC(=O)O)cn1c23. The van der Waals surface area contributed by atoms with E-state index in [-0.39, 0.29) is 40.6 Å². The molecule has 0 amide bonds. The van der Waals surface area contributed by atoms with Gasteiger partial charge in [0.15, 0.2) is 17.3 Å². The Bertz CT molecular complexity index is 1120. The van der Waals surface area contributed by atoms with Gasteiger partial charge >= 0.3 is 6.16 Å². The second-order valence-electron chi connectivity index (χ2n) is 8.49. The van der Waals surface area contributed by atoms with Crippen LogP contribution in [0.4, 0.5) is 20.6 Å². The highest BCUT2D eigenvalue weighted by Gasteiger charge is 2.43. The second-order valence-corrected chi connectivity index (χ2v) is 8.49. The molecule has 3 aliphatic heterocycles. The average Bonchev–Trinajstić information content (AvgIpc) is 3.33. The molecule has 2 fully saturated rings. The monoisotopic (exact) mass is 418 g/mol. The topological polar surface area (TPSA) is 119 Å². The summed E-state index contributed by atoms with van der Waals surface area (Å²) in [6.45, 7) is 5.28. The lowest BCUT2D eigenvalue weighted by molar-refractivity contribution is 0.143. The highest BCUT2D eigenvalue weighted by Crippen LogP contribution is 2.48. The Morgan fingerprint density at radius 2 is 2.27 bits per heavy atom. The van der Waals surface area contributed by atoms with Crippen LogP contribution < -0.4 is 30.9 Å². The molecular formula is C20H23FN4O5. The number of benzene rings is 1. The number of nitrogen functional groups attached to an aromatic ring is 1. The van der Waals surface area contributed by atoms with Crippen molar-refractivity contribution in [2.45, 2.75) is 25.8 Å². The Morgan fingerprint density at radius 3 is 2.97 bits per heavy atom. The highest BCUT2D eigenvalue weighted by atomic mass is 19.1. The zero-order chi connectivity index (χ0) is 21.2. The van der Waals surface area contributed by atoms with E-state index in [1.807, 2.05) is 11.8 Å². The Balaban J connectivity index is 1.74. The number of aromatic nitrogens is 1. The molecule has 5 rings (SSSR count). The van der Waals surface area contributed by atoms with Crippen molar-refractivity contribution in [3.8, 4) is 11.5 Å². The molecule has 3 aliphatic rings. The van der Waals surface area contributed by atoms with Crippen molar-refractivity contribution in [2.24, 2.45) is 5.41 Å². The smallest absolute Gasteiger partial charge is 0.487 e. The van der Waals surface area contributed by atoms with Crippen LogP contribution in [0.25, 0.3) is 10.9 Å². The van der Waals surface area contributed by atoms with Gasteiger partial charge in [-0.05, 0) is 26.3 Å². The van der Waals surface area contributed by atoms with Gasteiger partial charge < -0.3 is 35.1 Å². The summed E-state index contributed by atoms with van der Waals surface area (Å²) in [7, 11) is 0. The number of pyridine rings is 1. The molecule has 2 aromatic rings. The molecule has 30 heavy (non-hydrogen) atoms. The van der Waals surface area contributed by atoms with Crippen LogP contribution in [0, 0.1) is 11.2 Å². The molecule has 1 aromatic heterocycles. The summed E-state index contributed by atoms with van der Waals surface area (Å²) in [6, 6.07) is -0.224. The molecule has 0 saturated carbocycles. The third kappa shape index (κ3) is 2.63. The first-order valence-electron chi connectivity index (χ1n) is 10.0. The van der Waals surface area contributed by atoms with Gasteiger partial charge in [-0.2, -0.15) is 0 Å². The third-order valence-corrected chi connectivity index (χ3v) is 6.57. The quantitative estimate of drug-likeness (QED) is 0.500. The summed E-state index contributed by atoms with van der Waals surface area (Å²) in [5.74, 6) is -0.853. The zero-order valence-corrected chi connectivity index (χ0v) is 16.5. The predicted octanol–water partition coefficient (Wildman–Crippen LogP) is 1.92. The number of anilines is 2. The summed E-state index contributed by atoms with van der Waals surface area (Å²) >= 11 is 0. The van der Waals surface area contributed by atoms with Crippen LogP contribution in [0.2, 0.25) is 0 Å². The van der Waals surface area contributed by atoms with Crippen LogP contribution in [0.1, 0.15) is 25.8 Å². The first-order valence-corrected chi connectivity index (χ1v) is 10.0. The Morgan fingerprint density at radius 1 is 1.47 bits per heavy atom. The molecule has 2 atom stereocenters. The van der Waals surface area contributed by atoms with Crippen molar-refractivity contribution >= 4 is 28.4 Å². The van der Waals surface area contributed by atoms with E-state index in [9.17, 15) is 9.59 Å². The van der Waals surface area contributed by atoms with Gasteiger partial charge in [0.2, 0.25) is 5.43 Å². The summed E-state index contributed by atoms with van der Waals surface area (Å²) in [4.78, 5) is 25.9. The minimum atomic E-state index is -1.62. The van der Waals surface area contributed by atoms with Crippen LogP contribution in [0.5, 0.6) is 11.5 Å². The Hall–Kier alpha value is -3.01. The summed E-state index contributed by atoms with van der Waals surface area (Å²) < 4.78 is 27.8. The van der Waals surface area contributed by atoms with Gasteiger partial charge in [0.25, 0.3) is 0 Å². The predicted molar refractivity (Wildman–Crippen MR) is 108 cm³/mol. The molecule has 160 valence electrons. The number of hydrogen-bond acceptors (Lipinski definition) is 7. The summed E-state index contributed by atoms with van der Waals surface area (Å²) in [6.07, 6.45) is 1.68. The minimum Gasteiger partial charge on any atom is -0.487 e. The van der Waals surface area contributed by atoms with E-state index in [2.05, 4.69) is 10.1 Å². The average molecular weight is 418 g/mol. The maximum absolute atomic E-state index is 15.6. The van der Waals surface area contributed by atoms with Crippen LogP contribution in [-0.4, -0.2) is 48.6 Å². The number of nitrogens with two attached hydrogens (primary N) is 1. The van der Waals surface area contributed by atoms with E-state index in [1.54, 1.807) is 4.57 Å². The fourth-order valence-corrected chi connectivity index (χ4v) is 5.03.